The number of rotatable bonds is 1. The summed E-state index contributed by atoms with van der Waals surface area (Å²) >= 11 is 0. The second-order valence-corrected chi connectivity index (χ2v) is 5.38. The third-order valence-electron chi connectivity index (χ3n) is 4.26. The third kappa shape index (κ3) is 1.33. The van der Waals surface area contributed by atoms with E-state index in [1.807, 2.05) is 4.57 Å². The van der Waals surface area contributed by atoms with Gasteiger partial charge in [-0.15, -0.1) is 0 Å². The van der Waals surface area contributed by atoms with Gasteiger partial charge in [0.15, 0.2) is 11.9 Å². The number of fused-ring (bicyclic) bond motifs is 4. The maximum atomic E-state index is 5.79. The monoisotopic (exact) mass is 288 g/mol. The van der Waals surface area contributed by atoms with E-state index < -0.39 is 0 Å². The largest absolute Gasteiger partial charge is 0.357 e. The Hall–Kier alpha value is -2.79. The van der Waals surface area contributed by atoms with E-state index in [1.165, 1.54) is 10.8 Å². The molecule has 0 bridgehead atoms. The molecule has 0 saturated carbocycles. The van der Waals surface area contributed by atoms with Gasteiger partial charge in [-0.25, -0.2) is 15.0 Å². The van der Waals surface area contributed by atoms with E-state index >= 15 is 0 Å². The summed E-state index contributed by atoms with van der Waals surface area (Å²) in [6.45, 7) is 0. The topological polar surface area (TPSA) is 52.8 Å². The molecule has 0 spiro atoms. The van der Waals surface area contributed by atoms with Gasteiger partial charge < -0.3 is 4.74 Å². The molecule has 2 aromatic heterocycles. The van der Waals surface area contributed by atoms with Crippen molar-refractivity contribution in [2.75, 3.05) is 7.11 Å². The van der Waals surface area contributed by atoms with Crippen LogP contribution < -0.4 is 0 Å². The molecule has 1 unspecified atom stereocenters. The first-order valence-corrected chi connectivity index (χ1v) is 7.11. The van der Waals surface area contributed by atoms with Crippen LogP contribution in [0, 0.1) is 0 Å². The van der Waals surface area contributed by atoms with Gasteiger partial charge in [-0.3, -0.25) is 4.57 Å². The molecule has 4 aromatic rings. The minimum Gasteiger partial charge on any atom is -0.357 e. The van der Waals surface area contributed by atoms with E-state index in [0.717, 1.165) is 28.1 Å². The molecule has 2 aromatic carbocycles. The minimum atomic E-state index is -0.228. The van der Waals surface area contributed by atoms with E-state index in [1.54, 1.807) is 19.6 Å². The summed E-state index contributed by atoms with van der Waals surface area (Å²) in [5, 5.41) is 2.40. The molecule has 5 heteroatoms. The molecule has 0 amide bonds. The van der Waals surface area contributed by atoms with Gasteiger partial charge >= 0.3 is 0 Å². The Balaban J connectivity index is 2.02. The van der Waals surface area contributed by atoms with E-state index in [2.05, 4.69) is 46.4 Å². The van der Waals surface area contributed by atoms with Gasteiger partial charge in [-0.2, -0.15) is 0 Å². The lowest BCUT2D eigenvalue weighted by Gasteiger charge is -2.27. The lowest BCUT2D eigenvalue weighted by atomic mass is 9.95. The highest BCUT2D eigenvalue weighted by Crippen LogP contribution is 2.42. The van der Waals surface area contributed by atoms with Gasteiger partial charge in [0.25, 0.3) is 0 Å². The first-order chi connectivity index (χ1) is 10.9. The van der Waals surface area contributed by atoms with Crippen molar-refractivity contribution in [3.63, 3.8) is 0 Å². The molecule has 5 nitrogen and oxygen atoms in total. The van der Waals surface area contributed by atoms with Gasteiger partial charge in [0.2, 0.25) is 0 Å². The normalized spacial score (nSPS) is 16.1. The highest BCUT2D eigenvalue weighted by molar-refractivity contribution is 6.00. The van der Waals surface area contributed by atoms with Crippen LogP contribution in [-0.4, -0.2) is 26.6 Å². The van der Waals surface area contributed by atoms with Crippen LogP contribution in [-0.2, 0) is 4.74 Å². The zero-order valence-electron chi connectivity index (χ0n) is 11.9. The van der Waals surface area contributed by atoms with Crippen molar-refractivity contribution in [2.45, 2.75) is 6.23 Å². The van der Waals surface area contributed by atoms with Crippen LogP contribution in [0.25, 0.3) is 33.3 Å². The zero-order valence-corrected chi connectivity index (χ0v) is 11.9. The maximum Gasteiger partial charge on any atom is 0.166 e. The summed E-state index contributed by atoms with van der Waals surface area (Å²) in [6, 6.07) is 12.6. The molecule has 1 aliphatic heterocycles. The maximum absolute atomic E-state index is 5.79. The highest BCUT2D eigenvalue weighted by atomic mass is 16.5. The van der Waals surface area contributed by atoms with Crippen molar-refractivity contribution in [2.24, 2.45) is 0 Å². The predicted molar refractivity (Wildman–Crippen MR) is 83.4 cm³/mol. The predicted octanol–water partition coefficient (Wildman–Crippen LogP) is 3.15. The molecule has 1 atom stereocenters. The summed E-state index contributed by atoms with van der Waals surface area (Å²) in [4.78, 5) is 13.2. The van der Waals surface area contributed by atoms with Crippen molar-refractivity contribution in [3.8, 4) is 11.4 Å². The highest BCUT2D eigenvalue weighted by Gasteiger charge is 2.29. The molecule has 22 heavy (non-hydrogen) atoms. The summed E-state index contributed by atoms with van der Waals surface area (Å²) < 4.78 is 7.84. The van der Waals surface area contributed by atoms with Crippen LogP contribution in [0.1, 0.15) is 11.8 Å². The Labute approximate surface area is 126 Å². The average Bonchev–Trinajstić information content (AvgIpc) is 2.95. The Morgan fingerprint density at radius 3 is 2.86 bits per heavy atom. The van der Waals surface area contributed by atoms with Crippen LogP contribution in [0.4, 0.5) is 0 Å². The molecule has 0 N–H and O–H groups in total. The second kappa shape index (κ2) is 4.11. The van der Waals surface area contributed by atoms with E-state index in [4.69, 9.17) is 9.72 Å². The smallest absolute Gasteiger partial charge is 0.166 e. The van der Waals surface area contributed by atoms with E-state index in [-0.39, 0.29) is 6.23 Å². The summed E-state index contributed by atoms with van der Waals surface area (Å²) in [6.07, 6.45) is 3.06. The second-order valence-electron chi connectivity index (χ2n) is 5.38. The zero-order chi connectivity index (χ0) is 14.7. The van der Waals surface area contributed by atoms with E-state index in [9.17, 15) is 0 Å². The fourth-order valence-corrected chi connectivity index (χ4v) is 3.39. The Morgan fingerprint density at radius 2 is 2.00 bits per heavy atom. The number of imidazole rings is 1. The molecule has 0 radical (unpaired) electrons. The quantitative estimate of drug-likeness (QED) is 0.540. The lowest BCUT2D eigenvalue weighted by Crippen LogP contribution is -2.18. The van der Waals surface area contributed by atoms with Crippen molar-refractivity contribution in [1.29, 1.82) is 0 Å². The molecule has 0 fully saturated rings. The molecular weight excluding hydrogens is 276 g/mol. The fraction of sp³-hybridized carbons (Fsp3) is 0.118. The molecule has 1 aliphatic rings. The lowest BCUT2D eigenvalue weighted by molar-refractivity contribution is 0.0829. The van der Waals surface area contributed by atoms with Crippen LogP contribution in [0.2, 0.25) is 0 Å². The third-order valence-corrected chi connectivity index (χ3v) is 4.26. The Kier molecular flexibility index (Phi) is 2.21. The number of ether oxygens (including phenoxy) is 1. The first-order valence-electron chi connectivity index (χ1n) is 7.11. The molecular formula is C17H12N4O. The summed E-state index contributed by atoms with van der Waals surface area (Å²) in [5.41, 5.74) is 3.83. The van der Waals surface area contributed by atoms with Crippen molar-refractivity contribution in [3.05, 3.63) is 54.5 Å². The van der Waals surface area contributed by atoms with Crippen molar-refractivity contribution in [1.82, 2.24) is 19.5 Å². The van der Waals surface area contributed by atoms with Crippen LogP contribution in [0.5, 0.6) is 0 Å². The molecule has 3 heterocycles. The van der Waals surface area contributed by atoms with Crippen molar-refractivity contribution < 1.29 is 4.74 Å². The standard InChI is InChI=1S/C17H12N4O/c1-22-17-12-7-3-5-10-4-2-6-11(14(10)12)15-20-13-8-18-9-19-16(13)21(15)17/h2-9,17H,1H3. The number of methoxy groups -OCH3 is 1. The molecule has 5 rings (SSSR count). The summed E-state index contributed by atoms with van der Waals surface area (Å²) in [5.74, 6) is 0.881. The number of nitrogens with zero attached hydrogens (tertiary/aromatic N) is 4. The van der Waals surface area contributed by atoms with Gasteiger partial charge in [0, 0.05) is 23.6 Å². The average molecular weight is 288 g/mol. The molecule has 0 aliphatic carbocycles. The van der Waals surface area contributed by atoms with Gasteiger partial charge in [0.1, 0.15) is 17.7 Å². The van der Waals surface area contributed by atoms with Gasteiger partial charge in [0.05, 0.1) is 6.20 Å². The number of aromatic nitrogens is 4. The first kappa shape index (κ1) is 11.8. The van der Waals surface area contributed by atoms with Crippen LogP contribution in [0.15, 0.2) is 48.9 Å². The minimum absolute atomic E-state index is 0.228. The SMILES string of the molecule is COC1c2cccc3cccc(c23)-c2nc3cncnc3n21. The van der Waals surface area contributed by atoms with Crippen LogP contribution in [0.3, 0.4) is 0 Å². The Morgan fingerprint density at radius 1 is 1.14 bits per heavy atom. The van der Waals surface area contributed by atoms with Gasteiger partial charge in [-0.1, -0.05) is 36.4 Å². The molecule has 106 valence electrons. The van der Waals surface area contributed by atoms with Gasteiger partial charge in [-0.05, 0) is 5.39 Å². The van der Waals surface area contributed by atoms with Crippen LogP contribution >= 0.6 is 0 Å². The number of hydrogen-bond acceptors (Lipinski definition) is 4. The number of hydrogen-bond donors (Lipinski definition) is 0. The number of benzene rings is 2. The fourth-order valence-electron chi connectivity index (χ4n) is 3.39. The summed E-state index contributed by atoms with van der Waals surface area (Å²) in [7, 11) is 1.72. The van der Waals surface area contributed by atoms with E-state index in [0.29, 0.717) is 0 Å². The molecule has 0 saturated heterocycles. The Bertz CT molecular complexity index is 1030. The van der Waals surface area contributed by atoms with Crippen molar-refractivity contribution >= 4 is 21.9 Å².